The maximum atomic E-state index is 14.0. The summed E-state index contributed by atoms with van der Waals surface area (Å²) < 4.78 is 29.2. The van der Waals surface area contributed by atoms with Crippen LogP contribution in [0.2, 0.25) is 0 Å². The first-order valence-corrected chi connectivity index (χ1v) is 4.98. The number of halogens is 1. The van der Waals surface area contributed by atoms with E-state index in [1.807, 2.05) is 0 Å². The van der Waals surface area contributed by atoms with Gasteiger partial charge in [-0.2, -0.15) is 0 Å². The minimum absolute atomic E-state index is 0.0923. The van der Waals surface area contributed by atoms with E-state index in [9.17, 15) is 4.39 Å². The largest absolute Gasteiger partial charge is 0.494 e. The maximum Gasteiger partial charge on any atom is 0.172 e. The lowest BCUT2D eigenvalue weighted by Crippen LogP contribution is -2.08. The second-order valence-electron chi connectivity index (χ2n) is 3.23. The zero-order chi connectivity index (χ0) is 12.8. The quantitative estimate of drug-likeness (QED) is 0.765. The summed E-state index contributed by atoms with van der Waals surface area (Å²) >= 11 is 0. The lowest BCUT2D eigenvalue weighted by molar-refractivity contribution is 0.139. The predicted octanol–water partition coefficient (Wildman–Crippen LogP) is 1.28. The summed E-state index contributed by atoms with van der Waals surface area (Å²) in [5.74, 6) is 5.25. The molecule has 96 valence electrons. The van der Waals surface area contributed by atoms with Crippen LogP contribution in [0.15, 0.2) is 6.07 Å². The van der Waals surface area contributed by atoms with E-state index in [2.05, 4.69) is 4.84 Å². The Kier molecular flexibility index (Phi) is 4.99. The van der Waals surface area contributed by atoms with Gasteiger partial charge in [0.25, 0.3) is 0 Å². The molecule has 1 aromatic carbocycles. The van der Waals surface area contributed by atoms with Gasteiger partial charge in [-0.05, 0) is 0 Å². The molecule has 0 saturated carbocycles. The van der Waals surface area contributed by atoms with Crippen LogP contribution in [-0.4, -0.2) is 27.9 Å². The smallest absolute Gasteiger partial charge is 0.172 e. The molecule has 5 nitrogen and oxygen atoms in total. The first-order valence-electron chi connectivity index (χ1n) is 4.98. The molecule has 0 fully saturated rings. The molecule has 0 aliphatic carbocycles. The van der Waals surface area contributed by atoms with Crippen molar-refractivity contribution in [2.75, 3.05) is 27.9 Å². The van der Waals surface area contributed by atoms with Gasteiger partial charge in [-0.15, -0.1) is 0 Å². The molecule has 0 aromatic heterocycles. The number of ether oxygens (including phenoxy) is 3. The summed E-state index contributed by atoms with van der Waals surface area (Å²) in [6.45, 7) is 0.170. The summed E-state index contributed by atoms with van der Waals surface area (Å²) in [5, 5.41) is 0. The van der Waals surface area contributed by atoms with Crippen LogP contribution in [0.4, 0.5) is 4.39 Å². The van der Waals surface area contributed by atoms with Crippen molar-refractivity contribution in [3.8, 4) is 17.2 Å². The Morgan fingerprint density at radius 2 is 1.76 bits per heavy atom. The Morgan fingerprint density at radius 1 is 1.12 bits per heavy atom. The van der Waals surface area contributed by atoms with Gasteiger partial charge in [0, 0.05) is 18.1 Å². The summed E-state index contributed by atoms with van der Waals surface area (Å²) in [6, 6.07) is 1.43. The van der Waals surface area contributed by atoms with Crippen LogP contribution < -0.4 is 20.1 Å². The number of benzene rings is 1. The van der Waals surface area contributed by atoms with Gasteiger partial charge in [0.2, 0.25) is 0 Å². The Hall–Kier alpha value is -1.53. The SMILES string of the molecule is COc1cc(OC)c(OC)c(CCON)c1F. The monoisotopic (exact) mass is 245 g/mol. The molecule has 0 saturated heterocycles. The van der Waals surface area contributed by atoms with Crippen molar-refractivity contribution in [3.63, 3.8) is 0 Å². The number of hydrogen-bond donors (Lipinski definition) is 1. The third kappa shape index (κ3) is 2.78. The lowest BCUT2D eigenvalue weighted by atomic mass is 10.1. The molecular formula is C11H16FNO4. The van der Waals surface area contributed by atoms with Gasteiger partial charge in [0.15, 0.2) is 23.1 Å². The number of hydrogen-bond acceptors (Lipinski definition) is 5. The van der Waals surface area contributed by atoms with Crippen LogP contribution >= 0.6 is 0 Å². The number of rotatable bonds is 6. The van der Waals surface area contributed by atoms with E-state index >= 15 is 0 Å². The van der Waals surface area contributed by atoms with E-state index in [1.54, 1.807) is 0 Å². The van der Waals surface area contributed by atoms with E-state index < -0.39 is 5.82 Å². The molecule has 0 aliphatic heterocycles. The van der Waals surface area contributed by atoms with Crippen LogP contribution in [0.25, 0.3) is 0 Å². The fraction of sp³-hybridized carbons (Fsp3) is 0.455. The van der Waals surface area contributed by atoms with E-state index in [4.69, 9.17) is 20.1 Å². The zero-order valence-electron chi connectivity index (χ0n) is 10.1. The van der Waals surface area contributed by atoms with E-state index in [0.29, 0.717) is 17.1 Å². The average molecular weight is 245 g/mol. The molecule has 0 amide bonds. The summed E-state index contributed by atoms with van der Waals surface area (Å²) in [7, 11) is 4.29. The van der Waals surface area contributed by atoms with Gasteiger partial charge >= 0.3 is 0 Å². The van der Waals surface area contributed by atoms with E-state index in [1.165, 1.54) is 27.4 Å². The molecule has 0 radical (unpaired) electrons. The highest BCUT2D eigenvalue weighted by atomic mass is 19.1. The van der Waals surface area contributed by atoms with Gasteiger partial charge in [-0.1, -0.05) is 0 Å². The van der Waals surface area contributed by atoms with Crippen molar-refractivity contribution < 1.29 is 23.4 Å². The molecule has 1 aromatic rings. The van der Waals surface area contributed by atoms with Crippen molar-refractivity contribution in [2.45, 2.75) is 6.42 Å². The van der Waals surface area contributed by atoms with Crippen LogP contribution in [0.1, 0.15) is 5.56 Å². The van der Waals surface area contributed by atoms with Crippen LogP contribution in [0.3, 0.4) is 0 Å². The third-order valence-corrected chi connectivity index (χ3v) is 2.36. The van der Waals surface area contributed by atoms with Crippen molar-refractivity contribution in [1.82, 2.24) is 0 Å². The molecule has 0 unspecified atom stereocenters. The lowest BCUT2D eigenvalue weighted by Gasteiger charge is -2.15. The first kappa shape index (κ1) is 13.5. The van der Waals surface area contributed by atoms with Gasteiger partial charge in [0.05, 0.1) is 27.9 Å². The average Bonchev–Trinajstić information content (AvgIpc) is 2.36. The van der Waals surface area contributed by atoms with Crippen LogP contribution in [-0.2, 0) is 11.3 Å². The second-order valence-corrected chi connectivity index (χ2v) is 3.23. The standard InChI is InChI=1S/C11H16FNO4/c1-14-8-6-9(15-2)11(16-3)7(10(8)12)4-5-17-13/h6H,4-5,13H2,1-3H3. The van der Waals surface area contributed by atoms with Crippen molar-refractivity contribution in [1.29, 1.82) is 0 Å². The molecule has 0 spiro atoms. The maximum absolute atomic E-state index is 14.0. The molecule has 0 atom stereocenters. The summed E-state index contributed by atoms with van der Waals surface area (Å²) in [4.78, 5) is 4.44. The number of nitrogens with two attached hydrogens (primary N) is 1. The molecule has 0 heterocycles. The molecule has 2 N–H and O–H groups in total. The minimum atomic E-state index is -0.498. The Balaban J connectivity index is 3.28. The Morgan fingerprint density at radius 3 is 2.24 bits per heavy atom. The molecule has 6 heteroatoms. The fourth-order valence-electron chi connectivity index (χ4n) is 1.55. The molecule has 0 bridgehead atoms. The van der Waals surface area contributed by atoms with E-state index in [-0.39, 0.29) is 18.8 Å². The fourth-order valence-corrected chi connectivity index (χ4v) is 1.55. The highest BCUT2D eigenvalue weighted by Gasteiger charge is 2.20. The second kappa shape index (κ2) is 6.27. The van der Waals surface area contributed by atoms with Crippen LogP contribution in [0.5, 0.6) is 17.2 Å². The number of methoxy groups -OCH3 is 3. The zero-order valence-corrected chi connectivity index (χ0v) is 10.1. The normalized spacial score (nSPS) is 10.2. The van der Waals surface area contributed by atoms with Crippen molar-refractivity contribution >= 4 is 0 Å². The third-order valence-electron chi connectivity index (χ3n) is 2.36. The molecular weight excluding hydrogens is 229 g/mol. The van der Waals surface area contributed by atoms with Gasteiger partial charge in [0.1, 0.15) is 0 Å². The van der Waals surface area contributed by atoms with E-state index in [0.717, 1.165) is 0 Å². The minimum Gasteiger partial charge on any atom is -0.494 e. The first-order chi connectivity index (χ1) is 8.19. The molecule has 17 heavy (non-hydrogen) atoms. The Bertz CT molecular complexity index is 384. The highest BCUT2D eigenvalue weighted by Crippen LogP contribution is 2.38. The topological polar surface area (TPSA) is 62.9 Å². The predicted molar refractivity (Wildman–Crippen MR) is 59.9 cm³/mol. The highest BCUT2D eigenvalue weighted by molar-refractivity contribution is 5.53. The Labute approximate surface area is 99.2 Å². The van der Waals surface area contributed by atoms with Crippen LogP contribution in [0, 0.1) is 5.82 Å². The van der Waals surface area contributed by atoms with Crippen molar-refractivity contribution in [3.05, 3.63) is 17.4 Å². The van der Waals surface area contributed by atoms with Gasteiger partial charge in [-0.3, -0.25) is 0 Å². The molecule has 0 aliphatic rings. The van der Waals surface area contributed by atoms with Gasteiger partial charge < -0.3 is 19.0 Å². The summed E-state index contributed by atoms with van der Waals surface area (Å²) in [5.41, 5.74) is 0.314. The molecule has 1 rings (SSSR count). The summed E-state index contributed by atoms with van der Waals surface area (Å²) in [6.07, 6.45) is 0.263. The van der Waals surface area contributed by atoms with Crippen molar-refractivity contribution in [2.24, 2.45) is 5.90 Å². The van der Waals surface area contributed by atoms with Gasteiger partial charge in [-0.25, -0.2) is 10.3 Å².